The molecule has 1 aromatic carbocycles. The monoisotopic (exact) mass is 276 g/mol. The normalized spacial score (nSPS) is 23.1. The molecule has 0 unspecified atom stereocenters. The summed E-state index contributed by atoms with van der Waals surface area (Å²) in [5.74, 6) is -0.231. The lowest BCUT2D eigenvalue weighted by Crippen LogP contribution is -2.40. The predicted molar refractivity (Wildman–Crippen MR) is 80.8 cm³/mol. The first kappa shape index (κ1) is 13.9. The Bertz CT molecular complexity index is 456. The lowest BCUT2D eigenvalue weighted by molar-refractivity contribution is 0.0636. The first-order valence-electron chi connectivity index (χ1n) is 7.94. The SMILES string of the molecule is Nc1cccc(CN2CCC3(CCCCC3)CC2)c1F. The van der Waals surface area contributed by atoms with E-state index in [0.29, 0.717) is 12.0 Å². The first-order valence-corrected chi connectivity index (χ1v) is 7.94. The Labute approximate surface area is 121 Å². The molecule has 110 valence electrons. The summed E-state index contributed by atoms with van der Waals surface area (Å²) < 4.78 is 14.0. The van der Waals surface area contributed by atoms with Crippen molar-refractivity contribution in [3.8, 4) is 0 Å². The van der Waals surface area contributed by atoms with Gasteiger partial charge in [0.1, 0.15) is 0 Å². The molecule has 2 N–H and O–H groups in total. The van der Waals surface area contributed by atoms with Gasteiger partial charge in [0.05, 0.1) is 5.69 Å². The second kappa shape index (κ2) is 5.72. The number of anilines is 1. The van der Waals surface area contributed by atoms with Gasteiger partial charge in [-0.2, -0.15) is 0 Å². The van der Waals surface area contributed by atoms with E-state index in [1.807, 2.05) is 12.1 Å². The molecule has 20 heavy (non-hydrogen) atoms. The van der Waals surface area contributed by atoms with Gasteiger partial charge in [-0.25, -0.2) is 4.39 Å². The highest BCUT2D eigenvalue weighted by Gasteiger charge is 2.35. The fraction of sp³-hybridized carbons (Fsp3) is 0.647. The molecule has 3 heteroatoms. The zero-order valence-electron chi connectivity index (χ0n) is 12.2. The summed E-state index contributed by atoms with van der Waals surface area (Å²) in [5.41, 5.74) is 7.27. The van der Waals surface area contributed by atoms with Gasteiger partial charge in [-0.1, -0.05) is 31.4 Å². The number of piperidine rings is 1. The molecule has 1 heterocycles. The van der Waals surface area contributed by atoms with Crippen LogP contribution >= 0.6 is 0 Å². The topological polar surface area (TPSA) is 29.3 Å². The molecular weight excluding hydrogens is 251 g/mol. The number of halogens is 1. The fourth-order valence-corrected chi connectivity index (χ4v) is 3.95. The Balaban J connectivity index is 1.60. The molecule has 0 radical (unpaired) electrons. The Hall–Kier alpha value is -1.09. The molecule has 0 aromatic heterocycles. The van der Waals surface area contributed by atoms with E-state index in [1.165, 1.54) is 44.9 Å². The number of hydrogen-bond donors (Lipinski definition) is 1. The van der Waals surface area contributed by atoms with E-state index < -0.39 is 0 Å². The minimum absolute atomic E-state index is 0.231. The van der Waals surface area contributed by atoms with Crippen LogP contribution in [0.3, 0.4) is 0 Å². The predicted octanol–water partition coefficient (Wildman–Crippen LogP) is 3.95. The number of rotatable bonds is 2. The summed E-state index contributed by atoms with van der Waals surface area (Å²) in [6.07, 6.45) is 9.63. The van der Waals surface area contributed by atoms with E-state index in [-0.39, 0.29) is 11.5 Å². The molecule has 0 atom stereocenters. The summed E-state index contributed by atoms with van der Waals surface area (Å²) in [5, 5.41) is 0. The molecule has 2 nitrogen and oxygen atoms in total. The van der Waals surface area contributed by atoms with E-state index >= 15 is 0 Å². The Kier molecular flexibility index (Phi) is 3.97. The summed E-state index contributed by atoms with van der Waals surface area (Å²) in [7, 11) is 0. The van der Waals surface area contributed by atoms with Gasteiger partial charge < -0.3 is 5.73 Å². The maximum atomic E-state index is 14.0. The van der Waals surface area contributed by atoms with Gasteiger partial charge in [-0.15, -0.1) is 0 Å². The van der Waals surface area contributed by atoms with E-state index in [2.05, 4.69) is 4.90 Å². The largest absolute Gasteiger partial charge is 0.396 e. The zero-order valence-corrected chi connectivity index (χ0v) is 12.2. The minimum atomic E-state index is -0.231. The van der Waals surface area contributed by atoms with Crippen molar-refractivity contribution >= 4 is 5.69 Å². The molecule has 0 amide bonds. The maximum Gasteiger partial charge on any atom is 0.150 e. The minimum Gasteiger partial charge on any atom is -0.396 e. The second-order valence-electron chi connectivity index (χ2n) is 6.66. The molecule has 1 saturated carbocycles. The summed E-state index contributed by atoms with van der Waals surface area (Å²) in [6.45, 7) is 2.91. The lowest BCUT2D eigenvalue weighted by atomic mass is 9.68. The van der Waals surface area contributed by atoms with Crippen LogP contribution in [0.2, 0.25) is 0 Å². The van der Waals surface area contributed by atoms with Gasteiger partial charge in [0, 0.05) is 12.1 Å². The number of hydrogen-bond acceptors (Lipinski definition) is 2. The zero-order chi connectivity index (χ0) is 14.0. The lowest BCUT2D eigenvalue weighted by Gasteiger charge is -2.44. The van der Waals surface area contributed by atoms with Crippen molar-refractivity contribution in [2.75, 3.05) is 18.8 Å². The summed E-state index contributed by atoms with van der Waals surface area (Å²) in [4.78, 5) is 2.39. The Morgan fingerprint density at radius 2 is 1.75 bits per heavy atom. The molecule has 2 fully saturated rings. The highest BCUT2D eigenvalue weighted by molar-refractivity contribution is 5.42. The standard InChI is InChI=1S/C17H25FN2/c18-16-14(5-4-6-15(16)19)13-20-11-9-17(10-12-20)7-2-1-3-8-17/h4-6H,1-3,7-13,19H2. The number of nitrogens with zero attached hydrogens (tertiary/aromatic N) is 1. The maximum absolute atomic E-state index is 14.0. The van der Waals surface area contributed by atoms with Crippen molar-refractivity contribution in [2.45, 2.75) is 51.5 Å². The van der Waals surface area contributed by atoms with Crippen LogP contribution in [-0.4, -0.2) is 18.0 Å². The van der Waals surface area contributed by atoms with Gasteiger partial charge in [0.15, 0.2) is 5.82 Å². The number of benzene rings is 1. The molecule has 1 saturated heterocycles. The highest BCUT2D eigenvalue weighted by Crippen LogP contribution is 2.44. The van der Waals surface area contributed by atoms with Crippen molar-refractivity contribution in [3.05, 3.63) is 29.6 Å². The molecule has 2 aliphatic rings. The second-order valence-corrected chi connectivity index (χ2v) is 6.66. The molecule has 0 bridgehead atoms. The molecular formula is C17H25FN2. The highest BCUT2D eigenvalue weighted by atomic mass is 19.1. The van der Waals surface area contributed by atoms with Crippen LogP contribution in [0.5, 0.6) is 0 Å². The van der Waals surface area contributed by atoms with Crippen molar-refractivity contribution in [1.29, 1.82) is 0 Å². The van der Waals surface area contributed by atoms with Gasteiger partial charge in [-0.05, 0) is 50.3 Å². The molecule has 1 aliphatic heterocycles. The van der Waals surface area contributed by atoms with Crippen LogP contribution in [-0.2, 0) is 6.54 Å². The van der Waals surface area contributed by atoms with Gasteiger partial charge in [0.2, 0.25) is 0 Å². The molecule has 1 spiro atoms. The number of nitrogens with two attached hydrogens (primary N) is 1. The summed E-state index contributed by atoms with van der Waals surface area (Å²) >= 11 is 0. The Morgan fingerprint density at radius 1 is 1.05 bits per heavy atom. The van der Waals surface area contributed by atoms with Crippen LogP contribution in [0.25, 0.3) is 0 Å². The number of likely N-dealkylation sites (tertiary alicyclic amines) is 1. The quantitative estimate of drug-likeness (QED) is 0.829. The van der Waals surface area contributed by atoms with Gasteiger partial charge in [-0.3, -0.25) is 4.90 Å². The van der Waals surface area contributed by atoms with Crippen molar-refractivity contribution in [3.63, 3.8) is 0 Å². The van der Waals surface area contributed by atoms with Crippen LogP contribution in [0, 0.1) is 11.2 Å². The fourth-order valence-electron chi connectivity index (χ4n) is 3.95. The molecule has 1 aromatic rings. The van der Waals surface area contributed by atoms with Crippen LogP contribution in [0.1, 0.15) is 50.5 Å². The molecule has 3 rings (SSSR count). The third-order valence-electron chi connectivity index (χ3n) is 5.33. The summed E-state index contributed by atoms with van der Waals surface area (Å²) in [6, 6.07) is 5.34. The van der Waals surface area contributed by atoms with Crippen molar-refractivity contribution in [1.82, 2.24) is 4.90 Å². The average molecular weight is 276 g/mol. The van der Waals surface area contributed by atoms with Crippen LogP contribution < -0.4 is 5.73 Å². The van der Waals surface area contributed by atoms with E-state index in [1.54, 1.807) is 6.07 Å². The third kappa shape index (κ3) is 2.83. The van der Waals surface area contributed by atoms with Gasteiger partial charge >= 0.3 is 0 Å². The first-order chi connectivity index (χ1) is 9.69. The van der Waals surface area contributed by atoms with E-state index in [0.717, 1.165) is 18.7 Å². The van der Waals surface area contributed by atoms with Crippen molar-refractivity contribution in [2.24, 2.45) is 5.41 Å². The van der Waals surface area contributed by atoms with Crippen LogP contribution in [0.15, 0.2) is 18.2 Å². The van der Waals surface area contributed by atoms with Crippen molar-refractivity contribution < 1.29 is 4.39 Å². The number of nitrogen functional groups attached to an aromatic ring is 1. The average Bonchev–Trinajstić information content (AvgIpc) is 2.47. The van der Waals surface area contributed by atoms with Crippen LogP contribution in [0.4, 0.5) is 10.1 Å². The molecule has 1 aliphatic carbocycles. The third-order valence-corrected chi connectivity index (χ3v) is 5.33. The Morgan fingerprint density at radius 3 is 2.45 bits per heavy atom. The van der Waals surface area contributed by atoms with Gasteiger partial charge in [0.25, 0.3) is 0 Å². The smallest absolute Gasteiger partial charge is 0.150 e. The van der Waals surface area contributed by atoms with E-state index in [4.69, 9.17) is 5.73 Å². The van der Waals surface area contributed by atoms with E-state index in [9.17, 15) is 4.39 Å².